The highest BCUT2D eigenvalue weighted by Gasteiger charge is 2.26. The lowest BCUT2D eigenvalue weighted by Gasteiger charge is -2.36. The summed E-state index contributed by atoms with van der Waals surface area (Å²) in [7, 11) is 1.89. The largest absolute Gasteiger partial charge is 0.351 e. The molecule has 1 atom stereocenters. The number of nitriles is 1. The van der Waals surface area contributed by atoms with Crippen LogP contribution in [0.2, 0.25) is 0 Å². The van der Waals surface area contributed by atoms with Crippen molar-refractivity contribution in [3.63, 3.8) is 0 Å². The van der Waals surface area contributed by atoms with Gasteiger partial charge in [0.05, 0.1) is 4.92 Å². The molecule has 0 aromatic carbocycles. The lowest BCUT2D eigenvalue weighted by atomic mass is 10.0. The van der Waals surface area contributed by atoms with Crippen molar-refractivity contribution in [2.24, 2.45) is 0 Å². The molecule has 1 N–H and O–H groups in total. The van der Waals surface area contributed by atoms with E-state index in [9.17, 15) is 15.4 Å². The van der Waals surface area contributed by atoms with E-state index in [1.807, 2.05) is 13.1 Å². The Kier molecular flexibility index (Phi) is 4.48. The highest BCUT2D eigenvalue weighted by Crippen LogP contribution is 2.27. The third kappa shape index (κ3) is 2.86. The van der Waals surface area contributed by atoms with Gasteiger partial charge in [-0.05, 0) is 26.3 Å². The van der Waals surface area contributed by atoms with E-state index in [-0.39, 0.29) is 17.3 Å². The van der Waals surface area contributed by atoms with Crippen LogP contribution < -0.4 is 10.2 Å². The summed E-state index contributed by atoms with van der Waals surface area (Å²) < 4.78 is 0. The number of pyridine rings is 1. The van der Waals surface area contributed by atoms with E-state index in [1.54, 1.807) is 0 Å². The van der Waals surface area contributed by atoms with E-state index in [1.165, 1.54) is 12.3 Å². The molecule has 0 spiro atoms. The van der Waals surface area contributed by atoms with E-state index < -0.39 is 4.92 Å². The molecule has 1 aromatic rings. The zero-order valence-corrected chi connectivity index (χ0v) is 11.4. The second-order valence-corrected chi connectivity index (χ2v) is 4.83. The standard InChI is InChI=1S/C13H17N5O2/c1-15-8-11-4-2-3-5-17(11)13-10(7-14)6-12(9-16-13)18(19)20/h6,9,11,15H,2-5,8H2,1H3. The molecule has 7 heteroatoms. The minimum absolute atomic E-state index is 0.146. The molecule has 20 heavy (non-hydrogen) atoms. The second kappa shape index (κ2) is 6.30. The van der Waals surface area contributed by atoms with Crippen LogP contribution in [-0.2, 0) is 0 Å². The maximum atomic E-state index is 10.8. The average molecular weight is 275 g/mol. The summed E-state index contributed by atoms with van der Waals surface area (Å²) in [5, 5.41) is 23.1. The van der Waals surface area contributed by atoms with Crippen molar-refractivity contribution in [1.82, 2.24) is 10.3 Å². The number of likely N-dealkylation sites (N-methyl/N-ethyl adjacent to an activating group) is 1. The summed E-state index contributed by atoms with van der Waals surface area (Å²) in [6.45, 7) is 1.63. The van der Waals surface area contributed by atoms with Gasteiger partial charge in [-0.15, -0.1) is 0 Å². The van der Waals surface area contributed by atoms with Crippen LogP contribution in [0.5, 0.6) is 0 Å². The van der Waals surface area contributed by atoms with Gasteiger partial charge >= 0.3 is 0 Å². The monoisotopic (exact) mass is 275 g/mol. The molecule has 2 rings (SSSR count). The number of nitrogens with one attached hydrogen (secondary N) is 1. The van der Waals surface area contributed by atoms with E-state index in [0.717, 1.165) is 32.4 Å². The normalized spacial score (nSPS) is 18.6. The van der Waals surface area contributed by atoms with Gasteiger partial charge in [0.15, 0.2) is 0 Å². The Morgan fingerprint density at radius 1 is 1.65 bits per heavy atom. The third-order valence-electron chi connectivity index (χ3n) is 3.52. The van der Waals surface area contributed by atoms with Crippen LogP contribution in [0.1, 0.15) is 24.8 Å². The van der Waals surface area contributed by atoms with Gasteiger partial charge in [0, 0.05) is 25.2 Å². The molecule has 0 bridgehead atoms. The maximum Gasteiger partial charge on any atom is 0.289 e. The second-order valence-electron chi connectivity index (χ2n) is 4.83. The zero-order valence-electron chi connectivity index (χ0n) is 11.4. The molecule has 1 saturated heterocycles. The van der Waals surface area contributed by atoms with Crippen molar-refractivity contribution >= 4 is 11.5 Å². The minimum atomic E-state index is -0.529. The number of hydrogen-bond acceptors (Lipinski definition) is 6. The summed E-state index contributed by atoms with van der Waals surface area (Å²) >= 11 is 0. The molecule has 106 valence electrons. The number of nitrogens with zero attached hydrogens (tertiary/aromatic N) is 4. The zero-order chi connectivity index (χ0) is 14.5. The van der Waals surface area contributed by atoms with Crippen LogP contribution in [0.15, 0.2) is 12.3 Å². The van der Waals surface area contributed by atoms with Crippen molar-refractivity contribution in [1.29, 1.82) is 5.26 Å². The van der Waals surface area contributed by atoms with E-state index in [0.29, 0.717) is 5.82 Å². The van der Waals surface area contributed by atoms with Gasteiger partial charge < -0.3 is 10.2 Å². The predicted molar refractivity (Wildman–Crippen MR) is 74.5 cm³/mol. The van der Waals surface area contributed by atoms with E-state index in [2.05, 4.69) is 15.2 Å². The molecular weight excluding hydrogens is 258 g/mol. The molecule has 0 saturated carbocycles. The summed E-state index contributed by atoms with van der Waals surface area (Å²) in [6, 6.07) is 3.59. The van der Waals surface area contributed by atoms with E-state index >= 15 is 0 Å². The molecule has 7 nitrogen and oxygen atoms in total. The van der Waals surface area contributed by atoms with Crippen LogP contribution in [0.3, 0.4) is 0 Å². The Balaban J connectivity index is 2.35. The van der Waals surface area contributed by atoms with Crippen LogP contribution in [0.25, 0.3) is 0 Å². The smallest absolute Gasteiger partial charge is 0.289 e. The van der Waals surface area contributed by atoms with Crippen molar-refractivity contribution in [3.05, 3.63) is 27.9 Å². The topological polar surface area (TPSA) is 95.1 Å². The Bertz CT molecular complexity index is 538. The Morgan fingerprint density at radius 2 is 2.45 bits per heavy atom. The predicted octanol–water partition coefficient (Wildman–Crippen LogP) is 1.44. The molecule has 0 amide bonds. The Morgan fingerprint density at radius 3 is 3.10 bits per heavy atom. The Hall–Kier alpha value is -2.20. The fourth-order valence-electron chi connectivity index (χ4n) is 2.58. The number of rotatable bonds is 4. The number of aromatic nitrogens is 1. The van der Waals surface area contributed by atoms with Crippen LogP contribution in [-0.4, -0.2) is 36.1 Å². The Labute approximate surface area is 117 Å². The molecule has 2 heterocycles. The number of nitro groups is 1. The van der Waals surface area contributed by atoms with Crippen molar-refractivity contribution in [3.8, 4) is 6.07 Å². The van der Waals surface area contributed by atoms with E-state index in [4.69, 9.17) is 0 Å². The first kappa shape index (κ1) is 14.2. The average Bonchev–Trinajstić information content (AvgIpc) is 2.47. The summed E-state index contributed by atoms with van der Waals surface area (Å²) in [5.41, 5.74) is 0.120. The molecule has 1 unspecified atom stereocenters. The fourth-order valence-corrected chi connectivity index (χ4v) is 2.58. The first-order valence-corrected chi connectivity index (χ1v) is 6.63. The van der Waals surface area contributed by atoms with Crippen molar-refractivity contribution in [2.75, 3.05) is 25.0 Å². The molecule has 0 aliphatic carbocycles. The molecule has 1 aliphatic rings. The summed E-state index contributed by atoms with van der Waals surface area (Å²) in [6.07, 6.45) is 4.45. The van der Waals surface area contributed by atoms with Gasteiger partial charge in [-0.1, -0.05) is 0 Å². The van der Waals surface area contributed by atoms with Gasteiger partial charge in [0.2, 0.25) is 0 Å². The first-order chi connectivity index (χ1) is 9.67. The van der Waals surface area contributed by atoms with Crippen LogP contribution in [0, 0.1) is 21.4 Å². The molecule has 1 aliphatic heterocycles. The van der Waals surface area contributed by atoms with Gasteiger partial charge in [0.25, 0.3) is 5.69 Å². The number of anilines is 1. The van der Waals surface area contributed by atoms with Crippen molar-refractivity contribution in [2.45, 2.75) is 25.3 Å². The third-order valence-corrected chi connectivity index (χ3v) is 3.52. The highest BCUT2D eigenvalue weighted by molar-refractivity contribution is 5.58. The van der Waals surface area contributed by atoms with Gasteiger partial charge in [-0.25, -0.2) is 4.98 Å². The van der Waals surface area contributed by atoms with Crippen LogP contribution >= 0.6 is 0 Å². The number of hydrogen-bond donors (Lipinski definition) is 1. The molecule has 0 radical (unpaired) electrons. The fraction of sp³-hybridized carbons (Fsp3) is 0.538. The molecular formula is C13H17N5O2. The highest BCUT2D eigenvalue weighted by atomic mass is 16.6. The quantitative estimate of drug-likeness (QED) is 0.660. The van der Waals surface area contributed by atoms with Gasteiger partial charge in [-0.2, -0.15) is 5.26 Å². The first-order valence-electron chi connectivity index (χ1n) is 6.63. The SMILES string of the molecule is CNCC1CCCCN1c1ncc([N+](=O)[O-])cc1C#N. The van der Waals surface area contributed by atoms with Crippen molar-refractivity contribution < 1.29 is 4.92 Å². The maximum absolute atomic E-state index is 10.8. The number of piperidine rings is 1. The minimum Gasteiger partial charge on any atom is -0.351 e. The van der Waals surface area contributed by atoms with Crippen LogP contribution in [0.4, 0.5) is 11.5 Å². The lowest BCUT2D eigenvalue weighted by molar-refractivity contribution is -0.385. The molecule has 1 aromatic heterocycles. The summed E-state index contributed by atoms with van der Waals surface area (Å²) in [5.74, 6) is 0.554. The lowest BCUT2D eigenvalue weighted by Crippen LogP contribution is -2.45. The summed E-state index contributed by atoms with van der Waals surface area (Å²) in [4.78, 5) is 16.5. The molecule has 1 fully saturated rings. The van der Waals surface area contributed by atoms with Gasteiger partial charge in [0.1, 0.15) is 23.6 Å². The van der Waals surface area contributed by atoms with Gasteiger partial charge in [-0.3, -0.25) is 10.1 Å².